The molecule has 3 aromatic rings. The number of aromatic nitrogens is 3. The molecule has 2 aromatic heterocycles. The van der Waals surface area contributed by atoms with Gasteiger partial charge in [0, 0.05) is 12.6 Å². The van der Waals surface area contributed by atoms with E-state index in [1.807, 2.05) is 0 Å². The van der Waals surface area contributed by atoms with Crippen LogP contribution in [0, 0.1) is 11.7 Å². The number of aromatic amines is 2. The lowest BCUT2D eigenvalue weighted by Gasteiger charge is -2.22. The van der Waals surface area contributed by atoms with E-state index in [4.69, 9.17) is 21.7 Å². The summed E-state index contributed by atoms with van der Waals surface area (Å²) in [4.78, 5) is 81.0. The molecule has 3 rings (SSSR count). The Morgan fingerprint density at radius 1 is 1.07 bits per heavy atom. The summed E-state index contributed by atoms with van der Waals surface area (Å²) in [6, 6.07) is 0.260. The summed E-state index contributed by atoms with van der Waals surface area (Å²) in [5.41, 5.74) is 11.3. The lowest BCUT2D eigenvalue weighted by molar-refractivity contribution is -0.148. The molecule has 3 atom stereocenters. The van der Waals surface area contributed by atoms with Gasteiger partial charge in [0.1, 0.15) is 23.4 Å². The zero-order valence-electron chi connectivity index (χ0n) is 21.3. The van der Waals surface area contributed by atoms with Gasteiger partial charge in [0.25, 0.3) is 11.5 Å². The molecule has 218 valence electrons. The molecule has 41 heavy (non-hydrogen) atoms. The molecule has 0 fully saturated rings. The highest BCUT2D eigenvalue weighted by Gasteiger charge is 2.36. The number of carbonyl (C=O) groups excluding carboxylic acids is 2. The molecule has 2 heterocycles. The number of hydrogen-bond donors (Lipinski definition) is 8. The molecule has 15 nitrogen and oxygen atoms in total. The van der Waals surface area contributed by atoms with Crippen molar-refractivity contribution in [3.05, 3.63) is 57.3 Å². The number of Topliss-reactive ketones (excluding diaryl/α,β-unsaturated/α-hetero) is 1. The van der Waals surface area contributed by atoms with Gasteiger partial charge >= 0.3 is 17.9 Å². The number of benzene rings is 1. The van der Waals surface area contributed by atoms with Gasteiger partial charge < -0.3 is 37.1 Å². The molecule has 1 unspecified atom stereocenters. The number of halogens is 1. The van der Waals surface area contributed by atoms with Gasteiger partial charge in [-0.05, 0) is 48.9 Å². The summed E-state index contributed by atoms with van der Waals surface area (Å²) in [5, 5.41) is 29.9. The first-order valence-electron chi connectivity index (χ1n) is 12.2. The zero-order valence-corrected chi connectivity index (χ0v) is 21.3. The minimum atomic E-state index is -1.96. The molecule has 0 saturated carbocycles. The number of carboxylic acid groups (broad SMARTS) is 3. The Hall–Kier alpha value is -5.12. The van der Waals surface area contributed by atoms with Gasteiger partial charge in [-0.2, -0.15) is 4.98 Å². The van der Waals surface area contributed by atoms with Crippen molar-refractivity contribution in [3.63, 3.8) is 0 Å². The average Bonchev–Trinajstić information content (AvgIpc) is 3.30. The highest BCUT2D eigenvalue weighted by Crippen LogP contribution is 2.19. The maximum absolute atomic E-state index is 14.9. The van der Waals surface area contributed by atoms with Gasteiger partial charge in [0.05, 0.1) is 17.0 Å². The van der Waals surface area contributed by atoms with Crippen molar-refractivity contribution < 1.29 is 43.7 Å². The summed E-state index contributed by atoms with van der Waals surface area (Å²) in [6.45, 7) is 0. The van der Waals surface area contributed by atoms with Crippen molar-refractivity contribution in [2.45, 2.75) is 44.2 Å². The number of nitrogen functional groups attached to an aromatic ring is 1. The molecule has 1 aromatic carbocycles. The second-order valence-corrected chi connectivity index (χ2v) is 9.23. The van der Waals surface area contributed by atoms with E-state index >= 15 is 0 Å². The number of nitrogens with two attached hydrogens (primary N) is 2. The summed E-state index contributed by atoms with van der Waals surface area (Å²) in [6.07, 6.45) is 0.161. The predicted octanol–water partition coefficient (Wildman–Crippen LogP) is -0.207. The van der Waals surface area contributed by atoms with Crippen molar-refractivity contribution in [1.82, 2.24) is 20.3 Å². The van der Waals surface area contributed by atoms with Crippen LogP contribution < -0.4 is 22.3 Å². The Morgan fingerprint density at radius 3 is 2.39 bits per heavy atom. The summed E-state index contributed by atoms with van der Waals surface area (Å²) in [5.74, 6) is -9.90. The molecule has 0 spiro atoms. The Bertz CT molecular complexity index is 1570. The highest BCUT2D eigenvalue weighted by atomic mass is 19.1. The Balaban J connectivity index is 1.76. The lowest BCUT2D eigenvalue weighted by atomic mass is 9.89. The Kier molecular flexibility index (Phi) is 9.51. The van der Waals surface area contributed by atoms with Gasteiger partial charge in [0.2, 0.25) is 5.95 Å². The fourth-order valence-corrected chi connectivity index (χ4v) is 4.22. The second-order valence-electron chi connectivity index (χ2n) is 9.23. The normalized spacial score (nSPS) is 13.3. The van der Waals surface area contributed by atoms with Crippen molar-refractivity contribution in [2.75, 3.05) is 5.73 Å². The van der Waals surface area contributed by atoms with Crippen molar-refractivity contribution in [1.29, 1.82) is 0 Å². The first kappa shape index (κ1) is 30.4. The number of H-pyrrole nitrogens is 2. The topological polar surface area (TPSA) is 272 Å². The molecule has 0 radical (unpaired) electrons. The van der Waals surface area contributed by atoms with Crippen molar-refractivity contribution in [3.8, 4) is 0 Å². The third-order valence-electron chi connectivity index (χ3n) is 6.35. The number of nitrogens with zero attached hydrogens (tertiary/aromatic N) is 1. The number of ketones is 1. The number of aryl methyl sites for hydroxylation is 2. The SMILES string of the molecule is Nc1nc2[nH]cc(CCc3ccc(C(=O)N[C@@H](CCC(=O)O)C(=O)C(C[C@H](N)C(=O)O)C(=O)O)c(F)c3)c2c(=O)[nH]1. The third-order valence-corrected chi connectivity index (χ3v) is 6.35. The molecule has 0 bridgehead atoms. The van der Waals surface area contributed by atoms with Crippen LogP contribution >= 0.6 is 0 Å². The fourth-order valence-electron chi connectivity index (χ4n) is 4.22. The number of nitrogens with one attached hydrogen (secondary N) is 3. The first-order chi connectivity index (χ1) is 19.3. The lowest BCUT2D eigenvalue weighted by Crippen LogP contribution is -2.47. The van der Waals surface area contributed by atoms with Crippen LogP contribution in [-0.2, 0) is 32.0 Å². The second kappa shape index (κ2) is 12.8. The fraction of sp³-hybridized carbons (Fsp3) is 0.320. The minimum absolute atomic E-state index is 0.0546. The molecule has 16 heteroatoms. The number of rotatable bonds is 14. The van der Waals surface area contributed by atoms with E-state index in [1.54, 1.807) is 6.20 Å². The zero-order chi connectivity index (χ0) is 30.4. The van der Waals surface area contributed by atoms with Gasteiger partial charge in [-0.15, -0.1) is 0 Å². The monoisotopic (exact) mass is 574 g/mol. The molecule has 0 saturated heterocycles. The molecule has 1 amide bonds. The largest absolute Gasteiger partial charge is 0.481 e. The van der Waals surface area contributed by atoms with Crippen LogP contribution in [0.1, 0.15) is 40.7 Å². The maximum atomic E-state index is 14.9. The van der Waals surface area contributed by atoms with Crippen LogP contribution in [0.5, 0.6) is 0 Å². The van der Waals surface area contributed by atoms with E-state index in [0.29, 0.717) is 28.6 Å². The number of anilines is 1. The number of carbonyl (C=O) groups is 5. The molecular formula is C25H27FN6O9. The van der Waals surface area contributed by atoms with Crippen LogP contribution in [0.15, 0.2) is 29.2 Å². The first-order valence-corrected chi connectivity index (χ1v) is 12.2. The van der Waals surface area contributed by atoms with Gasteiger partial charge in [-0.3, -0.25) is 33.8 Å². The van der Waals surface area contributed by atoms with Crippen molar-refractivity contribution >= 4 is 46.6 Å². The number of fused-ring (bicyclic) bond motifs is 1. The number of carboxylic acids is 3. The number of amides is 1. The highest BCUT2D eigenvalue weighted by molar-refractivity contribution is 6.04. The van der Waals surface area contributed by atoms with E-state index in [2.05, 4.69) is 20.3 Å². The minimum Gasteiger partial charge on any atom is -0.481 e. The molecule has 10 N–H and O–H groups in total. The molecule has 0 aliphatic heterocycles. The molecular weight excluding hydrogens is 547 g/mol. The molecule has 0 aliphatic rings. The van der Waals surface area contributed by atoms with Crippen molar-refractivity contribution in [2.24, 2.45) is 11.7 Å². The van der Waals surface area contributed by atoms with E-state index < -0.39 is 83.8 Å². The third kappa shape index (κ3) is 7.51. The van der Waals surface area contributed by atoms with Gasteiger partial charge in [-0.25, -0.2) is 4.39 Å². The number of hydrogen-bond acceptors (Lipinski definition) is 9. The van der Waals surface area contributed by atoms with E-state index in [-0.39, 0.29) is 12.4 Å². The van der Waals surface area contributed by atoms with Gasteiger partial charge in [0.15, 0.2) is 5.78 Å². The van der Waals surface area contributed by atoms with Gasteiger partial charge in [-0.1, -0.05) is 6.07 Å². The summed E-state index contributed by atoms with van der Waals surface area (Å²) >= 11 is 0. The van der Waals surface area contributed by atoms with E-state index in [0.717, 1.165) is 12.1 Å². The smallest absolute Gasteiger partial charge is 0.320 e. The van der Waals surface area contributed by atoms with E-state index in [1.165, 1.54) is 6.07 Å². The standard InChI is InChI=1S/C25H27FN6O9/c26-14-7-10(1-3-11-9-29-20-18(11)22(37)32-25(28)31-20)2-4-12(14)21(36)30-16(5-6-17(33)34)19(35)13(23(38)39)8-15(27)24(40)41/h2,4,7,9,13,15-16H,1,3,5-6,8,27H2,(H,30,36)(H,33,34)(H,38,39)(H,40,41)(H4,28,29,31,32,37)/t13?,15-,16-/m0/s1. The van der Waals surface area contributed by atoms with Crippen LogP contribution in [0.3, 0.4) is 0 Å². The van der Waals surface area contributed by atoms with Crippen LogP contribution in [0.25, 0.3) is 11.0 Å². The van der Waals surface area contributed by atoms with Crippen LogP contribution in [0.2, 0.25) is 0 Å². The summed E-state index contributed by atoms with van der Waals surface area (Å²) < 4.78 is 14.9. The Morgan fingerprint density at radius 2 is 1.78 bits per heavy atom. The average molecular weight is 575 g/mol. The maximum Gasteiger partial charge on any atom is 0.320 e. The van der Waals surface area contributed by atoms with E-state index in [9.17, 15) is 38.3 Å². The quantitative estimate of drug-likeness (QED) is 0.116. The molecule has 0 aliphatic carbocycles. The van der Waals surface area contributed by atoms with Crippen LogP contribution in [-0.4, -0.2) is 72.0 Å². The number of aliphatic carboxylic acids is 3. The van der Waals surface area contributed by atoms with Crippen LogP contribution in [0.4, 0.5) is 10.3 Å². The summed E-state index contributed by atoms with van der Waals surface area (Å²) in [7, 11) is 0. The Labute approximate surface area is 229 Å². The predicted molar refractivity (Wildman–Crippen MR) is 139 cm³/mol.